The summed E-state index contributed by atoms with van der Waals surface area (Å²) in [6.07, 6.45) is 0. The van der Waals surface area contributed by atoms with Crippen molar-refractivity contribution < 1.29 is 18.7 Å². The lowest BCUT2D eigenvalue weighted by atomic mass is 10.1. The molecular weight excluding hydrogens is 274 g/mol. The fourth-order valence-corrected chi connectivity index (χ4v) is 2.99. The van der Waals surface area contributed by atoms with E-state index in [9.17, 15) is 13.6 Å². The zero-order valence-electron chi connectivity index (χ0n) is 9.77. The Morgan fingerprint density at radius 3 is 2.84 bits per heavy atom. The second kappa shape index (κ2) is 4.21. The lowest BCUT2D eigenvalue weighted by molar-refractivity contribution is -0.134. The molecule has 2 aromatic rings. The first-order valence-electron chi connectivity index (χ1n) is 5.66. The van der Waals surface area contributed by atoms with Gasteiger partial charge in [-0.1, -0.05) is 6.07 Å². The number of hydrogen-bond acceptors (Lipinski definition) is 4. The molecule has 19 heavy (non-hydrogen) atoms. The number of rotatable bonds is 3. The Labute approximate surface area is 111 Å². The van der Waals surface area contributed by atoms with Gasteiger partial charge in [0.2, 0.25) is 0 Å². The monoisotopic (exact) mass is 284 g/mol. The molecule has 1 N–H and O–H groups in total. The molecule has 1 fully saturated rings. The zero-order valence-corrected chi connectivity index (χ0v) is 10.6. The average Bonchev–Trinajstić information content (AvgIpc) is 2.69. The van der Waals surface area contributed by atoms with Crippen molar-refractivity contribution in [2.75, 3.05) is 13.1 Å². The normalized spacial score (nSPS) is 18.4. The molecule has 1 aliphatic rings. The van der Waals surface area contributed by atoms with Crippen molar-refractivity contribution in [1.29, 1.82) is 0 Å². The molecule has 0 atom stereocenters. The third-order valence-corrected chi connectivity index (χ3v) is 3.98. The van der Waals surface area contributed by atoms with Gasteiger partial charge in [-0.25, -0.2) is 18.6 Å². The Balaban J connectivity index is 1.80. The van der Waals surface area contributed by atoms with Gasteiger partial charge in [0.05, 0.1) is 18.8 Å². The van der Waals surface area contributed by atoms with Crippen LogP contribution < -0.4 is 0 Å². The van der Waals surface area contributed by atoms with Gasteiger partial charge in [0.15, 0.2) is 0 Å². The van der Waals surface area contributed by atoms with Crippen LogP contribution in [0, 0.1) is 0 Å². The minimum Gasteiger partial charge on any atom is -0.477 e. The predicted octanol–water partition coefficient (Wildman–Crippen LogP) is 2.45. The Kier molecular flexibility index (Phi) is 2.75. The second-order valence-electron chi connectivity index (χ2n) is 4.61. The average molecular weight is 284 g/mol. The summed E-state index contributed by atoms with van der Waals surface area (Å²) in [7, 11) is 0. The summed E-state index contributed by atoms with van der Waals surface area (Å²) in [5.74, 6) is -3.56. The molecule has 4 nitrogen and oxygen atoms in total. The largest absolute Gasteiger partial charge is 0.477 e. The van der Waals surface area contributed by atoms with Crippen LogP contribution in [0.3, 0.4) is 0 Å². The number of halogens is 2. The van der Waals surface area contributed by atoms with Gasteiger partial charge in [0, 0.05) is 11.9 Å². The van der Waals surface area contributed by atoms with E-state index in [-0.39, 0.29) is 18.0 Å². The highest BCUT2D eigenvalue weighted by Gasteiger charge is 2.43. The molecule has 0 saturated carbocycles. The Morgan fingerprint density at radius 1 is 1.47 bits per heavy atom. The number of alkyl halides is 2. The van der Waals surface area contributed by atoms with Gasteiger partial charge < -0.3 is 5.11 Å². The van der Waals surface area contributed by atoms with Crippen molar-refractivity contribution in [3.8, 4) is 0 Å². The fraction of sp³-hybridized carbons (Fsp3) is 0.333. The number of fused-ring (bicyclic) bond motifs is 1. The molecule has 0 bridgehead atoms. The molecule has 0 amide bonds. The molecule has 3 rings (SSSR count). The number of likely N-dealkylation sites (tertiary alicyclic amines) is 1. The standard InChI is InChI=1S/C12H10F2N2O2S/c13-12(14)5-16(6-12)4-8-2-1-7-3-9(11(17)18)19-10(7)15-8/h1-3H,4-6H2,(H,17,18). The molecular formula is C12H10F2N2O2S. The summed E-state index contributed by atoms with van der Waals surface area (Å²) in [5, 5.41) is 9.66. The summed E-state index contributed by atoms with van der Waals surface area (Å²) in [6, 6.07) is 5.09. The van der Waals surface area contributed by atoms with Crippen LogP contribution in [0.25, 0.3) is 10.2 Å². The first-order valence-corrected chi connectivity index (χ1v) is 6.48. The van der Waals surface area contributed by atoms with Gasteiger partial charge in [-0.3, -0.25) is 4.90 Å². The van der Waals surface area contributed by atoms with Crippen molar-refractivity contribution in [1.82, 2.24) is 9.88 Å². The highest BCUT2D eigenvalue weighted by molar-refractivity contribution is 7.20. The molecule has 3 heterocycles. The zero-order chi connectivity index (χ0) is 13.6. The lowest BCUT2D eigenvalue weighted by Gasteiger charge is -2.38. The van der Waals surface area contributed by atoms with Crippen molar-refractivity contribution in [2.24, 2.45) is 0 Å². The van der Waals surface area contributed by atoms with Crippen LogP contribution >= 0.6 is 11.3 Å². The maximum atomic E-state index is 12.7. The van der Waals surface area contributed by atoms with Gasteiger partial charge >= 0.3 is 5.97 Å². The number of thiophene rings is 1. The minimum atomic E-state index is -2.58. The van der Waals surface area contributed by atoms with E-state index < -0.39 is 11.9 Å². The minimum absolute atomic E-state index is 0.232. The van der Waals surface area contributed by atoms with Crippen molar-refractivity contribution in [3.05, 3.63) is 28.8 Å². The SMILES string of the molecule is O=C(O)c1cc2ccc(CN3CC(F)(F)C3)nc2s1. The number of carbonyl (C=O) groups is 1. The van der Waals surface area contributed by atoms with E-state index in [0.717, 1.165) is 16.7 Å². The second-order valence-corrected chi connectivity index (χ2v) is 5.64. The summed E-state index contributed by atoms with van der Waals surface area (Å²) in [4.78, 5) is 17.6. The van der Waals surface area contributed by atoms with Crippen LogP contribution in [0.5, 0.6) is 0 Å². The van der Waals surface area contributed by atoms with E-state index in [4.69, 9.17) is 5.11 Å². The topological polar surface area (TPSA) is 53.4 Å². The molecule has 0 aliphatic carbocycles. The van der Waals surface area contributed by atoms with Crippen LogP contribution in [-0.4, -0.2) is 40.0 Å². The number of aromatic carboxylic acids is 1. The third-order valence-electron chi connectivity index (χ3n) is 2.95. The third kappa shape index (κ3) is 2.43. The van der Waals surface area contributed by atoms with Crippen LogP contribution in [0.4, 0.5) is 8.78 Å². The first kappa shape index (κ1) is 12.4. The number of pyridine rings is 1. The van der Waals surface area contributed by atoms with Gasteiger partial charge in [-0.15, -0.1) is 11.3 Å². The van der Waals surface area contributed by atoms with Gasteiger partial charge in [0.25, 0.3) is 5.92 Å². The maximum absolute atomic E-state index is 12.7. The van der Waals surface area contributed by atoms with Crippen molar-refractivity contribution in [2.45, 2.75) is 12.5 Å². The summed E-state index contributed by atoms with van der Waals surface area (Å²) >= 11 is 1.09. The molecule has 1 saturated heterocycles. The molecule has 2 aromatic heterocycles. The number of aromatic nitrogens is 1. The van der Waals surface area contributed by atoms with E-state index in [1.807, 2.05) is 0 Å². The molecule has 0 aromatic carbocycles. The van der Waals surface area contributed by atoms with Crippen molar-refractivity contribution >= 4 is 27.5 Å². The smallest absolute Gasteiger partial charge is 0.345 e. The maximum Gasteiger partial charge on any atom is 0.345 e. The number of carboxylic acids is 1. The predicted molar refractivity (Wildman–Crippen MR) is 66.8 cm³/mol. The Morgan fingerprint density at radius 2 is 2.21 bits per heavy atom. The molecule has 0 unspecified atom stereocenters. The summed E-state index contributed by atoms with van der Waals surface area (Å²) < 4.78 is 25.4. The number of hydrogen-bond donors (Lipinski definition) is 1. The first-order chi connectivity index (χ1) is 8.93. The molecule has 0 spiro atoms. The number of nitrogens with zero attached hydrogens (tertiary/aromatic N) is 2. The van der Waals surface area contributed by atoms with Crippen LogP contribution in [0.15, 0.2) is 18.2 Å². The van der Waals surface area contributed by atoms with Crippen LogP contribution in [0.1, 0.15) is 15.4 Å². The van der Waals surface area contributed by atoms with Crippen LogP contribution in [0.2, 0.25) is 0 Å². The van der Waals surface area contributed by atoms with Gasteiger partial charge in [-0.05, 0) is 12.1 Å². The van der Waals surface area contributed by atoms with E-state index in [2.05, 4.69) is 4.98 Å². The van der Waals surface area contributed by atoms with E-state index in [0.29, 0.717) is 17.1 Å². The van der Waals surface area contributed by atoms with Gasteiger partial charge in [-0.2, -0.15) is 0 Å². The Bertz CT molecular complexity index is 648. The quantitative estimate of drug-likeness (QED) is 0.940. The highest BCUT2D eigenvalue weighted by atomic mass is 32.1. The summed E-state index contributed by atoms with van der Waals surface area (Å²) in [6.45, 7) is -0.110. The van der Waals surface area contributed by atoms with Crippen molar-refractivity contribution in [3.63, 3.8) is 0 Å². The molecule has 7 heteroatoms. The lowest BCUT2D eigenvalue weighted by Crippen LogP contribution is -2.55. The van der Waals surface area contributed by atoms with Gasteiger partial charge in [0.1, 0.15) is 9.71 Å². The summed E-state index contributed by atoms with van der Waals surface area (Å²) in [5.41, 5.74) is 0.682. The van der Waals surface area contributed by atoms with E-state index in [1.54, 1.807) is 23.1 Å². The fourth-order valence-electron chi connectivity index (χ4n) is 2.10. The van der Waals surface area contributed by atoms with E-state index in [1.165, 1.54) is 0 Å². The molecule has 1 aliphatic heterocycles. The van der Waals surface area contributed by atoms with Crippen LogP contribution in [-0.2, 0) is 6.54 Å². The molecule has 100 valence electrons. The van der Waals surface area contributed by atoms with E-state index >= 15 is 0 Å². The molecule has 0 radical (unpaired) electrons. The number of carboxylic acid groups (broad SMARTS) is 1. The highest BCUT2D eigenvalue weighted by Crippen LogP contribution is 2.29. The Hall–Kier alpha value is -1.60.